The van der Waals surface area contributed by atoms with Gasteiger partial charge in [-0.3, -0.25) is 4.79 Å². The van der Waals surface area contributed by atoms with E-state index in [0.29, 0.717) is 0 Å². The predicted octanol–water partition coefficient (Wildman–Crippen LogP) is 2.94. The number of hydrogen-bond acceptors (Lipinski definition) is 3. The summed E-state index contributed by atoms with van der Waals surface area (Å²) < 4.78 is 5.28. The largest absolute Gasteiger partial charge is 0.461 e. The normalized spacial score (nSPS) is 11.7. The van der Waals surface area contributed by atoms with Crippen molar-refractivity contribution in [2.45, 2.75) is 33.1 Å². The molecule has 0 heterocycles. The van der Waals surface area contributed by atoms with Gasteiger partial charge in [0, 0.05) is 5.97 Å². The molecule has 0 aliphatic heterocycles. The van der Waals surface area contributed by atoms with Crippen LogP contribution in [-0.4, -0.2) is 12.7 Å². The molecule has 3 nitrogen and oxygen atoms in total. The first-order chi connectivity index (χ1) is 8.56. The average molecular weight is 243 g/mol. The van der Waals surface area contributed by atoms with Gasteiger partial charge in [0.1, 0.15) is 6.61 Å². The van der Waals surface area contributed by atoms with Crippen LogP contribution in [0.1, 0.15) is 19.4 Å². The molecule has 1 unspecified atom stereocenters. The zero-order valence-corrected chi connectivity index (χ0v) is 11.1. The molecule has 94 valence electrons. The molecule has 0 radical (unpaired) electrons. The van der Waals surface area contributed by atoms with Crippen molar-refractivity contribution < 1.29 is 9.53 Å². The summed E-state index contributed by atoms with van der Waals surface area (Å²) >= 11 is 0. The Labute approximate surface area is 109 Å². The highest BCUT2D eigenvalue weighted by atomic mass is 16.5. The van der Waals surface area contributed by atoms with Gasteiger partial charge in [0.15, 0.2) is 0 Å². The van der Waals surface area contributed by atoms with E-state index in [1.165, 1.54) is 0 Å². The fourth-order valence-electron chi connectivity index (χ4n) is 1.96. The molecule has 0 N–H and O–H groups in total. The van der Waals surface area contributed by atoms with Crippen LogP contribution in [0.15, 0.2) is 30.3 Å². The van der Waals surface area contributed by atoms with E-state index in [9.17, 15) is 4.79 Å². The molecule has 1 rings (SSSR count). The van der Waals surface area contributed by atoms with E-state index in [1.807, 2.05) is 44.2 Å². The van der Waals surface area contributed by atoms with E-state index in [1.54, 1.807) is 6.82 Å². The van der Waals surface area contributed by atoms with Gasteiger partial charge in [0.2, 0.25) is 0 Å². The molecular formula is C14H18BNO2. The van der Waals surface area contributed by atoms with Gasteiger partial charge in [-0.1, -0.05) is 51.0 Å². The lowest BCUT2D eigenvalue weighted by Crippen LogP contribution is -2.29. The maximum Gasteiger partial charge on any atom is 0.303 e. The molecule has 0 aliphatic carbocycles. The van der Waals surface area contributed by atoms with Crippen molar-refractivity contribution in [1.82, 2.24) is 0 Å². The first-order valence-corrected chi connectivity index (χ1v) is 6.16. The Morgan fingerprint density at radius 1 is 1.39 bits per heavy atom. The predicted molar refractivity (Wildman–Crippen MR) is 72.1 cm³/mol. The molecule has 0 bridgehead atoms. The monoisotopic (exact) mass is 243 g/mol. The third-order valence-corrected chi connectivity index (χ3v) is 2.96. The van der Waals surface area contributed by atoms with Gasteiger partial charge in [-0.2, -0.15) is 0 Å². The van der Waals surface area contributed by atoms with Crippen LogP contribution in [0.4, 0.5) is 0 Å². The summed E-state index contributed by atoms with van der Waals surface area (Å²) in [5, 5.41) is 8.93. The number of benzene rings is 1. The zero-order valence-electron chi connectivity index (χ0n) is 11.1. The van der Waals surface area contributed by atoms with Crippen molar-refractivity contribution in [3.8, 4) is 5.97 Å². The number of rotatable bonds is 5. The van der Waals surface area contributed by atoms with Crippen LogP contribution in [-0.2, 0) is 16.1 Å². The molecule has 0 aliphatic rings. The molecule has 18 heavy (non-hydrogen) atoms. The standard InChI is InChI=1S/C14H18BNO2/c1-11(2)13(15(3)10-16)14(17)18-9-12-7-5-4-6-8-12/h4-8,11,13H,9H2,1-3H3. The van der Waals surface area contributed by atoms with Crippen LogP contribution in [0.5, 0.6) is 0 Å². The Morgan fingerprint density at radius 3 is 2.50 bits per heavy atom. The Morgan fingerprint density at radius 2 is 2.00 bits per heavy atom. The Hall–Kier alpha value is -1.76. The number of carbonyl (C=O) groups is 1. The fourth-order valence-corrected chi connectivity index (χ4v) is 1.96. The lowest BCUT2D eigenvalue weighted by Gasteiger charge is -2.19. The van der Waals surface area contributed by atoms with Gasteiger partial charge in [-0.15, -0.1) is 0 Å². The summed E-state index contributed by atoms with van der Waals surface area (Å²) in [6.07, 6.45) is 0. The lowest BCUT2D eigenvalue weighted by molar-refractivity contribution is -0.145. The molecule has 0 aromatic heterocycles. The highest BCUT2D eigenvalue weighted by molar-refractivity contribution is 6.70. The van der Waals surface area contributed by atoms with Crippen LogP contribution in [0, 0.1) is 17.1 Å². The minimum absolute atomic E-state index is 0.0999. The van der Waals surface area contributed by atoms with Crippen LogP contribution in [0.3, 0.4) is 0 Å². The second-order valence-electron chi connectivity index (χ2n) is 4.78. The van der Waals surface area contributed by atoms with Gasteiger partial charge in [-0.25, -0.2) is 5.26 Å². The second-order valence-corrected chi connectivity index (χ2v) is 4.78. The minimum atomic E-state index is -0.362. The fraction of sp³-hybridized carbons (Fsp3) is 0.429. The topological polar surface area (TPSA) is 50.1 Å². The molecule has 0 fully saturated rings. The first kappa shape index (κ1) is 14.3. The summed E-state index contributed by atoms with van der Waals surface area (Å²) in [6.45, 7) is 5.56. The highest BCUT2D eigenvalue weighted by Crippen LogP contribution is 2.23. The van der Waals surface area contributed by atoms with E-state index in [-0.39, 0.29) is 31.0 Å². The van der Waals surface area contributed by atoms with Crippen LogP contribution in [0.2, 0.25) is 12.6 Å². The van der Waals surface area contributed by atoms with E-state index in [0.717, 1.165) is 5.56 Å². The summed E-state index contributed by atoms with van der Waals surface area (Å²) in [4.78, 5) is 12.0. The lowest BCUT2D eigenvalue weighted by atomic mass is 9.42. The highest BCUT2D eigenvalue weighted by Gasteiger charge is 2.32. The molecule has 1 aromatic rings. The molecule has 4 heteroatoms. The van der Waals surface area contributed by atoms with Crippen LogP contribution in [0.25, 0.3) is 0 Å². The number of hydrogen-bond donors (Lipinski definition) is 0. The van der Waals surface area contributed by atoms with E-state index in [4.69, 9.17) is 10.00 Å². The summed E-state index contributed by atoms with van der Waals surface area (Å²) in [6, 6.07) is 9.54. The Balaban J connectivity index is 2.61. The Kier molecular flexibility index (Phi) is 5.45. The number of ether oxygens (including phenoxy) is 1. The van der Waals surface area contributed by atoms with Crippen molar-refractivity contribution in [1.29, 1.82) is 5.26 Å². The number of nitriles is 1. The summed E-state index contributed by atoms with van der Waals surface area (Å²) in [5.74, 6) is 1.57. The van der Waals surface area contributed by atoms with Gasteiger partial charge in [0.05, 0.1) is 5.82 Å². The SMILES string of the molecule is CB(C#N)C(C(=O)OCc1ccccc1)C(C)C. The van der Waals surface area contributed by atoms with Crippen LogP contribution >= 0.6 is 0 Å². The Bertz CT molecular complexity index is 425. The average Bonchev–Trinajstić information content (AvgIpc) is 2.37. The molecule has 1 atom stereocenters. The summed E-state index contributed by atoms with van der Waals surface area (Å²) in [5.41, 5.74) is 0.956. The molecule has 0 spiro atoms. The van der Waals surface area contributed by atoms with Gasteiger partial charge < -0.3 is 4.74 Å². The van der Waals surface area contributed by atoms with Gasteiger partial charge in [-0.05, 0) is 11.5 Å². The third-order valence-electron chi connectivity index (χ3n) is 2.96. The molecule has 0 amide bonds. The second kappa shape index (κ2) is 6.85. The first-order valence-electron chi connectivity index (χ1n) is 6.16. The van der Waals surface area contributed by atoms with E-state index >= 15 is 0 Å². The van der Waals surface area contributed by atoms with Crippen molar-refractivity contribution in [3.63, 3.8) is 0 Å². The maximum absolute atomic E-state index is 12.0. The number of carbonyl (C=O) groups excluding carboxylic acids is 1. The third kappa shape index (κ3) is 3.92. The smallest absolute Gasteiger partial charge is 0.303 e. The molecule has 0 saturated heterocycles. The van der Waals surface area contributed by atoms with Crippen molar-refractivity contribution in [3.05, 3.63) is 35.9 Å². The number of nitrogens with zero attached hydrogens (tertiary/aromatic N) is 1. The zero-order chi connectivity index (χ0) is 13.5. The minimum Gasteiger partial charge on any atom is -0.461 e. The van der Waals surface area contributed by atoms with Gasteiger partial charge in [0.25, 0.3) is 6.71 Å². The molecule has 1 aromatic carbocycles. The summed E-state index contributed by atoms with van der Waals surface area (Å²) in [7, 11) is 0. The van der Waals surface area contributed by atoms with E-state index < -0.39 is 0 Å². The van der Waals surface area contributed by atoms with Crippen molar-refractivity contribution in [2.24, 2.45) is 5.92 Å². The van der Waals surface area contributed by atoms with Crippen molar-refractivity contribution >= 4 is 12.7 Å². The molecule has 0 saturated carbocycles. The van der Waals surface area contributed by atoms with Crippen LogP contribution < -0.4 is 0 Å². The van der Waals surface area contributed by atoms with Gasteiger partial charge >= 0.3 is 5.97 Å². The molecular weight excluding hydrogens is 225 g/mol. The van der Waals surface area contributed by atoms with E-state index in [2.05, 4.69) is 5.97 Å². The maximum atomic E-state index is 12.0. The van der Waals surface area contributed by atoms with Crippen molar-refractivity contribution in [2.75, 3.05) is 0 Å². The quantitative estimate of drug-likeness (QED) is 0.590. The number of esters is 1.